The molecule has 3 heteroatoms. The van der Waals surface area contributed by atoms with E-state index >= 15 is 0 Å². The van der Waals surface area contributed by atoms with Crippen molar-refractivity contribution in [2.24, 2.45) is 0 Å². The Bertz CT molecular complexity index is 271. The van der Waals surface area contributed by atoms with Crippen molar-refractivity contribution in [1.29, 1.82) is 0 Å². The molecule has 0 unspecified atom stereocenters. The van der Waals surface area contributed by atoms with Gasteiger partial charge in [0.15, 0.2) is 0 Å². The molecule has 0 heterocycles. The summed E-state index contributed by atoms with van der Waals surface area (Å²) in [5, 5.41) is 1.46. The van der Waals surface area contributed by atoms with Crippen molar-refractivity contribution in [2.75, 3.05) is 0 Å². The summed E-state index contributed by atoms with van der Waals surface area (Å²) in [4.78, 5) is 0. The number of rotatable bonds is 3. The Morgan fingerprint density at radius 2 is 1.62 bits per heavy atom. The molecule has 0 amide bonds. The fraction of sp³-hybridized carbons (Fsp3) is 0.400. The molecule has 0 fully saturated rings. The van der Waals surface area contributed by atoms with Crippen molar-refractivity contribution in [3.63, 3.8) is 0 Å². The van der Waals surface area contributed by atoms with Crippen molar-refractivity contribution in [2.45, 2.75) is 26.2 Å². The lowest BCUT2D eigenvalue weighted by Crippen LogP contribution is -2.27. The Labute approximate surface area is 84.1 Å². The predicted molar refractivity (Wildman–Crippen MR) is 64.5 cm³/mol. The summed E-state index contributed by atoms with van der Waals surface area (Å²) in [6, 6.07) is 8.49. The molecular formula is C10H18OSi2. The van der Waals surface area contributed by atoms with Crippen molar-refractivity contribution < 1.29 is 4.43 Å². The molecule has 1 aromatic rings. The largest absolute Gasteiger partial charge is 0.547 e. The molecule has 0 N–H and O–H groups in total. The van der Waals surface area contributed by atoms with Crippen LogP contribution in [0.1, 0.15) is 0 Å². The monoisotopic (exact) mass is 210 g/mol. The van der Waals surface area contributed by atoms with Gasteiger partial charge < -0.3 is 4.43 Å². The molecule has 72 valence electrons. The van der Waals surface area contributed by atoms with Gasteiger partial charge in [0.2, 0.25) is 9.04 Å². The smallest absolute Gasteiger partial charge is 0.229 e. The van der Waals surface area contributed by atoms with Gasteiger partial charge in [-0.05, 0) is 24.3 Å². The summed E-state index contributed by atoms with van der Waals surface area (Å²) < 4.78 is 5.88. The summed E-state index contributed by atoms with van der Waals surface area (Å²) in [6.45, 7) is 9.09. The number of hydrogen-bond acceptors (Lipinski definition) is 1. The number of para-hydroxylation sites is 1. The lowest BCUT2D eigenvalue weighted by atomic mass is 10.3. The molecule has 0 bridgehead atoms. The van der Waals surface area contributed by atoms with Crippen LogP contribution in [0.15, 0.2) is 24.3 Å². The molecule has 0 aliphatic heterocycles. The molecular weight excluding hydrogens is 192 g/mol. The Morgan fingerprint density at radius 3 is 2.15 bits per heavy atom. The van der Waals surface area contributed by atoms with Crippen molar-refractivity contribution >= 4 is 23.0 Å². The van der Waals surface area contributed by atoms with Crippen molar-refractivity contribution in [3.05, 3.63) is 24.3 Å². The van der Waals surface area contributed by atoms with Crippen LogP contribution in [0, 0.1) is 0 Å². The molecule has 1 aromatic carbocycles. The molecule has 0 aliphatic rings. The van der Waals surface area contributed by atoms with Gasteiger partial charge in [-0.15, -0.1) is 0 Å². The van der Waals surface area contributed by atoms with Gasteiger partial charge in [-0.3, -0.25) is 0 Å². The summed E-state index contributed by atoms with van der Waals surface area (Å²) in [6.07, 6.45) is 0. The van der Waals surface area contributed by atoms with E-state index in [4.69, 9.17) is 4.43 Å². The Balaban J connectivity index is 2.91. The molecule has 0 saturated heterocycles. The van der Waals surface area contributed by atoms with E-state index in [1.165, 1.54) is 5.19 Å². The average molecular weight is 210 g/mol. The quantitative estimate of drug-likeness (QED) is 0.691. The molecule has 13 heavy (non-hydrogen) atoms. The van der Waals surface area contributed by atoms with Crippen LogP contribution in [0.2, 0.25) is 26.2 Å². The zero-order valence-corrected chi connectivity index (χ0v) is 11.2. The summed E-state index contributed by atoms with van der Waals surface area (Å²) in [5.74, 6) is 1.14. The normalized spacial score (nSPS) is 10.9. The minimum absolute atomic E-state index is 0.730. The fourth-order valence-corrected chi connectivity index (χ4v) is 3.41. The summed E-state index contributed by atoms with van der Waals surface area (Å²) in [7, 11) is -1.67. The number of hydrogen-bond donors (Lipinski definition) is 0. The lowest BCUT2D eigenvalue weighted by molar-refractivity contribution is 0.585. The highest BCUT2D eigenvalue weighted by Gasteiger charge is 2.08. The first kappa shape index (κ1) is 10.5. The minimum Gasteiger partial charge on any atom is -0.547 e. The summed E-state index contributed by atoms with van der Waals surface area (Å²) in [5.41, 5.74) is 0. The second kappa shape index (κ2) is 4.62. The molecule has 0 aliphatic carbocycles. The third-order valence-corrected chi connectivity index (χ3v) is 4.35. The van der Waals surface area contributed by atoms with Crippen LogP contribution in [-0.4, -0.2) is 17.8 Å². The zero-order chi connectivity index (χ0) is 9.84. The second-order valence-corrected chi connectivity index (χ2v) is 9.12. The first-order valence-corrected chi connectivity index (χ1v) is 10.5. The third kappa shape index (κ3) is 3.01. The van der Waals surface area contributed by atoms with Gasteiger partial charge in [0, 0.05) is 0 Å². The van der Waals surface area contributed by atoms with Gasteiger partial charge in [-0.25, -0.2) is 0 Å². The maximum absolute atomic E-state index is 5.88. The maximum atomic E-state index is 5.88. The molecule has 0 saturated carbocycles. The zero-order valence-electron chi connectivity index (χ0n) is 8.87. The van der Waals surface area contributed by atoms with Crippen molar-refractivity contribution in [3.8, 4) is 5.75 Å². The standard InChI is InChI=1S/C10H18OSi2/c1-12(2)10-8-6-5-7-9(10)11-13(3)4/h5-8,12-13H,1-4H3. The molecule has 0 aromatic heterocycles. The van der Waals surface area contributed by atoms with Gasteiger partial charge in [0.05, 0.1) is 8.80 Å². The number of benzene rings is 1. The van der Waals surface area contributed by atoms with Crippen LogP contribution in [0.5, 0.6) is 5.75 Å². The highest BCUT2D eigenvalue weighted by molar-refractivity contribution is 6.71. The van der Waals surface area contributed by atoms with E-state index in [9.17, 15) is 0 Å². The predicted octanol–water partition coefficient (Wildman–Crippen LogP) is 1.74. The molecule has 0 atom stereocenters. The molecule has 1 nitrogen and oxygen atoms in total. The third-order valence-electron chi connectivity index (χ3n) is 1.90. The SMILES string of the molecule is C[SiH](C)Oc1ccccc1[SiH](C)C. The first-order chi connectivity index (χ1) is 6.11. The van der Waals surface area contributed by atoms with Crippen LogP contribution < -0.4 is 9.61 Å². The van der Waals surface area contributed by atoms with Crippen molar-refractivity contribution in [1.82, 2.24) is 0 Å². The topological polar surface area (TPSA) is 9.23 Å². The van der Waals surface area contributed by atoms with Crippen LogP contribution in [0.3, 0.4) is 0 Å². The first-order valence-electron chi connectivity index (χ1n) is 4.87. The van der Waals surface area contributed by atoms with Gasteiger partial charge in [0.1, 0.15) is 5.75 Å². The van der Waals surface area contributed by atoms with Gasteiger partial charge in [-0.1, -0.05) is 31.3 Å². The highest BCUT2D eigenvalue weighted by Crippen LogP contribution is 2.09. The van der Waals surface area contributed by atoms with Crippen LogP contribution >= 0.6 is 0 Å². The lowest BCUT2D eigenvalue weighted by Gasteiger charge is -2.15. The van der Waals surface area contributed by atoms with E-state index in [1.807, 2.05) is 0 Å². The minimum atomic E-state index is -0.944. The molecule has 0 radical (unpaired) electrons. The van der Waals surface area contributed by atoms with Gasteiger partial charge in [-0.2, -0.15) is 0 Å². The molecule has 0 spiro atoms. The Kier molecular flexibility index (Phi) is 3.75. The Morgan fingerprint density at radius 1 is 1.00 bits per heavy atom. The van der Waals surface area contributed by atoms with Gasteiger partial charge >= 0.3 is 0 Å². The van der Waals surface area contributed by atoms with E-state index in [1.54, 1.807) is 0 Å². The van der Waals surface area contributed by atoms with Crippen LogP contribution in [-0.2, 0) is 0 Å². The van der Waals surface area contributed by atoms with Crippen LogP contribution in [0.25, 0.3) is 0 Å². The van der Waals surface area contributed by atoms with E-state index < -0.39 is 17.8 Å². The highest BCUT2D eigenvalue weighted by atomic mass is 28.3. The second-order valence-electron chi connectivity index (χ2n) is 3.86. The molecule has 1 rings (SSSR count). The van der Waals surface area contributed by atoms with E-state index in [-0.39, 0.29) is 0 Å². The Hall–Kier alpha value is -0.546. The van der Waals surface area contributed by atoms with E-state index in [0.29, 0.717) is 0 Å². The van der Waals surface area contributed by atoms with Crippen LogP contribution in [0.4, 0.5) is 0 Å². The van der Waals surface area contributed by atoms with E-state index in [2.05, 4.69) is 50.5 Å². The van der Waals surface area contributed by atoms with Gasteiger partial charge in [0.25, 0.3) is 0 Å². The van der Waals surface area contributed by atoms with E-state index in [0.717, 1.165) is 5.75 Å². The maximum Gasteiger partial charge on any atom is 0.229 e. The average Bonchev–Trinajstić information content (AvgIpc) is 2.03. The fourth-order valence-electron chi connectivity index (χ4n) is 1.32. The summed E-state index contributed by atoms with van der Waals surface area (Å²) >= 11 is 0.